The van der Waals surface area contributed by atoms with Crippen LogP contribution in [0.3, 0.4) is 0 Å². The summed E-state index contributed by atoms with van der Waals surface area (Å²) in [7, 11) is 0. The molecule has 2 heteroatoms. The van der Waals surface area contributed by atoms with Crippen LogP contribution < -0.4 is 0 Å². The molecule has 0 heterocycles. The molecule has 2 aromatic carbocycles. The number of aliphatic hydroxyl groups excluding tert-OH is 1. The standard InChI is InChI=1S/C12H10O2/c13-7-10-5-1-3-9-4-2-6-11(8-14)12(9)10/h1-7,14H,8H2. The highest BCUT2D eigenvalue weighted by Gasteiger charge is 2.03. The highest BCUT2D eigenvalue weighted by Crippen LogP contribution is 2.21. The van der Waals surface area contributed by atoms with Crippen LogP contribution >= 0.6 is 0 Å². The molecule has 1 N–H and O–H groups in total. The largest absolute Gasteiger partial charge is 0.392 e. The summed E-state index contributed by atoms with van der Waals surface area (Å²) in [5.74, 6) is 0. The Morgan fingerprint density at radius 3 is 2.50 bits per heavy atom. The molecular weight excluding hydrogens is 176 g/mol. The Hall–Kier alpha value is -1.67. The van der Waals surface area contributed by atoms with E-state index in [1.165, 1.54) is 0 Å². The summed E-state index contributed by atoms with van der Waals surface area (Å²) in [4.78, 5) is 10.8. The van der Waals surface area contributed by atoms with Crippen molar-refractivity contribution in [2.45, 2.75) is 6.61 Å². The summed E-state index contributed by atoms with van der Waals surface area (Å²) in [6, 6.07) is 11.2. The quantitative estimate of drug-likeness (QED) is 0.729. The smallest absolute Gasteiger partial charge is 0.150 e. The molecule has 0 aliphatic heterocycles. The van der Waals surface area contributed by atoms with E-state index < -0.39 is 0 Å². The van der Waals surface area contributed by atoms with E-state index in [0.717, 1.165) is 22.6 Å². The molecule has 0 atom stereocenters. The molecule has 0 aliphatic rings. The average molecular weight is 186 g/mol. The Kier molecular flexibility index (Phi) is 2.29. The van der Waals surface area contributed by atoms with Crippen LogP contribution in [0.2, 0.25) is 0 Å². The van der Waals surface area contributed by atoms with E-state index in [1.807, 2.05) is 30.3 Å². The van der Waals surface area contributed by atoms with Crippen LogP contribution in [0.25, 0.3) is 10.8 Å². The third kappa shape index (κ3) is 1.30. The van der Waals surface area contributed by atoms with E-state index in [4.69, 9.17) is 5.11 Å². The third-order valence-electron chi connectivity index (χ3n) is 2.32. The van der Waals surface area contributed by atoms with Crippen molar-refractivity contribution in [3.63, 3.8) is 0 Å². The van der Waals surface area contributed by atoms with Crippen molar-refractivity contribution in [2.75, 3.05) is 0 Å². The Balaban J connectivity index is 2.88. The van der Waals surface area contributed by atoms with Gasteiger partial charge in [0.2, 0.25) is 0 Å². The topological polar surface area (TPSA) is 37.3 Å². The first-order chi connectivity index (χ1) is 6.86. The molecule has 0 saturated heterocycles. The highest BCUT2D eigenvalue weighted by molar-refractivity contribution is 5.99. The van der Waals surface area contributed by atoms with Gasteiger partial charge in [-0.3, -0.25) is 4.79 Å². The molecule has 0 aromatic heterocycles. The summed E-state index contributed by atoms with van der Waals surface area (Å²) in [6.45, 7) is -0.0395. The van der Waals surface area contributed by atoms with Crippen molar-refractivity contribution in [3.8, 4) is 0 Å². The van der Waals surface area contributed by atoms with Crippen molar-refractivity contribution in [3.05, 3.63) is 47.5 Å². The number of fused-ring (bicyclic) bond motifs is 1. The number of aliphatic hydroxyl groups is 1. The first-order valence-corrected chi connectivity index (χ1v) is 4.43. The number of hydrogen-bond acceptors (Lipinski definition) is 2. The van der Waals surface area contributed by atoms with E-state index in [9.17, 15) is 4.79 Å². The van der Waals surface area contributed by atoms with Gasteiger partial charge < -0.3 is 5.11 Å². The van der Waals surface area contributed by atoms with Gasteiger partial charge >= 0.3 is 0 Å². The van der Waals surface area contributed by atoms with Gasteiger partial charge in [-0.1, -0.05) is 36.4 Å². The number of rotatable bonds is 2. The summed E-state index contributed by atoms with van der Waals surface area (Å²) >= 11 is 0. The SMILES string of the molecule is O=Cc1cccc2cccc(CO)c12. The van der Waals surface area contributed by atoms with Crippen LogP contribution in [0.5, 0.6) is 0 Å². The second-order valence-corrected chi connectivity index (χ2v) is 3.14. The van der Waals surface area contributed by atoms with Crippen molar-refractivity contribution < 1.29 is 9.90 Å². The lowest BCUT2D eigenvalue weighted by Gasteiger charge is -2.05. The lowest BCUT2D eigenvalue weighted by atomic mass is 10.0. The molecule has 14 heavy (non-hydrogen) atoms. The number of hydrogen-bond donors (Lipinski definition) is 1. The van der Waals surface area contributed by atoms with Gasteiger partial charge in [-0.2, -0.15) is 0 Å². The first-order valence-electron chi connectivity index (χ1n) is 4.43. The van der Waals surface area contributed by atoms with Crippen LogP contribution in [-0.2, 0) is 6.61 Å². The van der Waals surface area contributed by atoms with E-state index >= 15 is 0 Å². The predicted molar refractivity (Wildman–Crippen MR) is 55.3 cm³/mol. The molecule has 0 amide bonds. The average Bonchev–Trinajstić information content (AvgIpc) is 2.27. The number of aldehydes is 1. The molecule has 70 valence electrons. The van der Waals surface area contributed by atoms with Gasteiger partial charge in [-0.25, -0.2) is 0 Å². The molecule has 0 bridgehead atoms. The fraction of sp³-hybridized carbons (Fsp3) is 0.0833. The third-order valence-corrected chi connectivity index (χ3v) is 2.32. The van der Waals surface area contributed by atoms with Crippen LogP contribution in [0.15, 0.2) is 36.4 Å². The number of carbonyl (C=O) groups is 1. The van der Waals surface area contributed by atoms with Gasteiger partial charge in [0.05, 0.1) is 6.61 Å². The molecule has 2 aromatic rings. The molecule has 2 rings (SSSR count). The van der Waals surface area contributed by atoms with Crippen molar-refractivity contribution in [1.29, 1.82) is 0 Å². The van der Waals surface area contributed by atoms with E-state index in [2.05, 4.69) is 0 Å². The van der Waals surface area contributed by atoms with Crippen LogP contribution in [0, 0.1) is 0 Å². The minimum absolute atomic E-state index is 0.0395. The zero-order valence-electron chi connectivity index (χ0n) is 7.60. The highest BCUT2D eigenvalue weighted by atomic mass is 16.3. The van der Waals surface area contributed by atoms with Crippen LogP contribution in [0.1, 0.15) is 15.9 Å². The molecule has 0 spiro atoms. The predicted octanol–water partition coefficient (Wildman–Crippen LogP) is 2.14. The maximum Gasteiger partial charge on any atom is 0.150 e. The molecule has 2 nitrogen and oxygen atoms in total. The van der Waals surface area contributed by atoms with E-state index in [1.54, 1.807) is 6.07 Å². The maximum absolute atomic E-state index is 10.8. The number of benzene rings is 2. The fourth-order valence-corrected chi connectivity index (χ4v) is 1.68. The summed E-state index contributed by atoms with van der Waals surface area (Å²) in [5.41, 5.74) is 1.43. The summed E-state index contributed by atoms with van der Waals surface area (Å²) < 4.78 is 0. The zero-order valence-corrected chi connectivity index (χ0v) is 7.60. The lowest BCUT2D eigenvalue weighted by molar-refractivity contribution is 0.112. The van der Waals surface area contributed by atoms with Gasteiger partial charge in [0, 0.05) is 5.56 Å². The lowest BCUT2D eigenvalue weighted by Crippen LogP contribution is -1.90. The fourth-order valence-electron chi connectivity index (χ4n) is 1.68. The van der Waals surface area contributed by atoms with E-state index in [-0.39, 0.29) is 6.61 Å². The summed E-state index contributed by atoms with van der Waals surface area (Å²) in [6.07, 6.45) is 0.821. The Labute approximate surface area is 81.8 Å². The molecular formula is C12H10O2. The van der Waals surface area contributed by atoms with Crippen molar-refractivity contribution in [2.24, 2.45) is 0 Å². The minimum atomic E-state index is -0.0395. The maximum atomic E-state index is 10.8. The van der Waals surface area contributed by atoms with Gasteiger partial charge in [0.1, 0.15) is 0 Å². The second kappa shape index (κ2) is 3.60. The van der Waals surface area contributed by atoms with Gasteiger partial charge in [-0.15, -0.1) is 0 Å². The molecule has 0 aliphatic carbocycles. The molecule has 0 unspecified atom stereocenters. The molecule has 0 saturated carbocycles. The molecule has 0 radical (unpaired) electrons. The monoisotopic (exact) mass is 186 g/mol. The van der Waals surface area contributed by atoms with Gasteiger partial charge in [-0.05, 0) is 16.3 Å². The van der Waals surface area contributed by atoms with E-state index in [0.29, 0.717) is 5.56 Å². The van der Waals surface area contributed by atoms with Crippen molar-refractivity contribution >= 4 is 17.1 Å². The normalized spacial score (nSPS) is 10.4. The first kappa shape index (κ1) is 8.91. The number of carbonyl (C=O) groups excluding carboxylic acids is 1. The Morgan fingerprint density at radius 1 is 1.14 bits per heavy atom. The molecule has 0 fully saturated rings. The van der Waals surface area contributed by atoms with Crippen LogP contribution in [-0.4, -0.2) is 11.4 Å². The van der Waals surface area contributed by atoms with Crippen molar-refractivity contribution in [1.82, 2.24) is 0 Å². The Morgan fingerprint density at radius 2 is 1.86 bits per heavy atom. The van der Waals surface area contributed by atoms with Gasteiger partial charge in [0.25, 0.3) is 0 Å². The zero-order chi connectivity index (χ0) is 9.97. The summed E-state index contributed by atoms with van der Waals surface area (Å²) in [5, 5.41) is 11.0. The second-order valence-electron chi connectivity index (χ2n) is 3.14. The van der Waals surface area contributed by atoms with Crippen LogP contribution in [0.4, 0.5) is 0 Å². The minimum Gasteiger partial charge on any atom is -0.392 e. The van der Waals surface area contributed by atoms with Gasteiger partial charge in [0.15, 0.2) is 6.29 Å². The Bertz CT molecular complexity index is 469.